The lowest BCUT2D eigenvalue weighted by Gasteiger charge is -2.01. The molecule has 0 amide bonds. The second-order valence-corrected chi connectivity index (χ2v) is 4.08. The van der Waals surface area contributed by atoms with Gasteiger partial charge in [-0.25, -0.2) is 18.4 Å². The molecule has 0 aliphatic heterocycles. The standard InChI is InChI=1S/C16H10F2O4/c17-11-1-5-13(6-2-11)21-15(19)9-10-16(20)22-14-7-3-12(18)4-8-14/h1-10H/b10-9-. The Bertz CT molecular complexity index is 630. The van der Waals surface area contributed by atoms with Crippen molar-refractivity contribution < 1.29 is 27.8 Å². The van der Waals surface area contributed by atoms with E-state index in [0.717, 1.165) is 36.4 Å². The van der Waals surface area contributed by atoms with Gasteiger partial charge in [0.15, 0.2) is 0 Å². The molecule has 0 fully saturated rings. The summed E-state index contributed by atoms with van der Waals surface area (Å²) >= 11 is 0. The first-order valence-electron chi connectivity index (χ1n) is 6.16. The maximum absolute atomic E-state index is 12.7. The third kappa shape index (κ3) is 4.82. The highest BCUT2D eigenvalue weighted by molar-refractivity contribution is 5.93. The molecule has 0 heterocycles. The van der Waals surface area contributed by atoms with Crippen LogP contribution in [0.2, 0.25) is 0 Å². The second-order valence-electron chi connectivity index (χ2n) is 4.08. The first kappa shape index (κ1) is 15.4. The number of carbonyl (C=O) groups excluding carboxylic acids is 2. The molecular weight excluding hydrogens is 294 g/mol. The predicted molar refractivity (Wildman–Crippen MR) is 73.2 cm³/mol. The predicted octanol–water partition coefficient (Wildman–Crippen LogP) is 3.03. The Morgan fingerprint density at radius 2 is 1.00 bits per heavy atom. The maximum atomic E-state index is 12.7. The number of halogens is 2. The first-order valence-corrected chi connectivity index (χ1v) is 6.16. The number of ether oxygens (including phenoxy) is 2. The van der Waals surface area contributed by atoms with Crippen LogP contribution in [-0.2, 0) is 9.59 Å². The van der Waals surface area contributed by atoms with E-state index in [4.69, 9.17) is 9.47 Å². The van der Waals surface area contributed by atoms with Crippen molar-refractivity contribution in [2.45, 2.75) is 0 Å². The van der Waals surface area contributed by atoms with Gasteiger partial charge in [-0.2, -0.15) is 0 Å². The van der Waals surface area contributed by atoms with Crippen molar-refractivity contribution in [2.75, 3.05) is 0 Å². The smallest absolute Gasteiger partial charge is 0.336 e. The number of hydrogen-bond acceptors (Lipinski definition) is 4. The third-order valence-corrected chi connectivity index (χ3v) is 2.42. The molecule has 0 N–H and O–H groups in total. The molecule has 0 atom stereocenters. The average Bonchev–Trinajstić information content (AvgIpc) is 2.50. The molecule has 112 valence electrons. The fraction of sp³-hybridized carbons (Fsp3) is 0. The summed E-state index contributed by atoms with van der Waals surface area (Å²) in [5, 5.41) is 0. The maximum Gasteiger partial charge on any atom is 0.336 e. The van der Waals surface area contributed by atoms with E-state index in [-0.39, 0.29) is 11.5 Å². The lowest BCUT2D eigenvalue weighted by Crippen LogP contribution is -2.08. The first-order chi connectivity index (χ1) is 10.5. The van der Waals surface area contributed by atoms with Crippen LogP contribution in [0, 0.1) is 11.6 Å². The molecule has 0 aliphatic rings. The molecule has 2 aromatic rings. The minimum Gasteiger partial charge on any atom is -0.423 e. The number of hydrogen-bond donors (Lipinski definition) is 0. The summed E-state index contributed by atoms with van der Waals surface area (Å²) in [4.78, 5) is 22.9. The number of benzene rings is 2. The number of rotatable bonds is 4. The van der Waals surface area contributed by atoms with E-state index in [2.05, 4.69) is 0 Å². The summed E-state index contributed by atoms with van der Waals surface area (Å²) in [5.41, 5.74) is 0. The summed E-state index contributed by atoms with van der Waals surface area (Å²) < 4.78 is 35.0. The van der Waals surface area contributed by atoms with Gasteiger partial charge in [0.25, 0.3) is 0 Å². The Balaban J connectivity index is 1.87. The lowest BCUT2D eigenvalue weighted by atomic mass is 10.3. The Morgan fingerprint density at radius 3 is 1.32 bits per heavy atom. The van der Waals surface area contributed by atoms with E-state index in [1.807, 2.05) is 0 Å². The largest absolute Gasteiger partial charge is 0.423 e. The minimum absolute atomic E-state index is 0.142. The van der Waals surface area contributed by atoms with Crippen LogP contribution >= 0.6 is 0 Å². The molecule has 0 bridgehead atoms. The molecular formula is C16H10F2O4. The van der Waals surface area contributed by atoms with Crippen LogP contribution in [0.3, 0.4) is 0 Å². The van der Waals surface area contributed by atoms with Gasteiger partial charge < -0.3 is 9.47 Å². The van der Waals surface area contributed by atoms with E-state index in [0.29, 0.717) is 0 Å². The summed E-state index contributed by atoms with van der Waals surface area (Å²) in [6.07, 6.45) is 1.74. The summed E-state index contributed by atoms with van der Waals surface area (Å²) in [5.74, 6) is -2.27. The van der Waals surface area contributed by atoms with Crippen LogP contribution in [0.5, 0.6) is 11.5 Å². The van der Waals surface area contributed by atoms with Crippen LogP contribution in [0.15, 0.2) is 60.7 Å². The zero-order chi connectivity index (χ0) is 15.9. The molecule has 0 aromatic heterocycles. The third-order valence-electron chi connectivity index (χ3n) is 2.42. The van der Waals surface area contributed by atoms with Gasteiger partial charge in [-0.15, -0.1) is 0 Å². The number of carbonyl (C=O) groups is 2. The average molecular weight is 304 g/mol. The quantitative estimate of drug-likeness (QED) is 0.495. The van der Waals surface area contributed by atoms with Gasteiger partial charge in [-0.05, 0) is 48.5 Å². The fourth-order valence-corrected chi connectivity index (χ4v) is 1.44. The molecule has 2 aromatic carbocycles. The van der Waals surface area contributed by atoms with Crippen LogP contribution in [0.1, 0.15) is 0 Å². The van der Waals surface area contributed by atoms with E-state index < -0.39 is 23.6 Å². The molecule has 6 heteroatoms. The van der Waals surface area contributed by atoms with E-state index in [1.54, 1.807) is 0 Å². The number of esters is 2. The fourth-order valence-electron chi connectivity index (χ4n) is 1.44. The van der Waals surface area contributed by atoms with Gasteiger partial charge in [-0.1, -0.05) is 0 Å². The molecule has 22 heavy (non-hydrogen) atoms. The Hall–Kier alpha value is -3.02. The van der Waals surface area contributed by atoms with Gasteiger partial charge in [0.05, 0.1) is 0 Å². The van der Waals surface area contributed by atoms with Crippen molar-refractivity contribution in [2.24, 2.45) is 0 Å². The van der Waals surface area contributed by atoms with Crippen molar-refractivity contribution in [3.63, 3.8) is 0 Å². The van der Waals surface area contributed by atoms with E-state index >= 15 is 0 Å². The van der Waals surface area contributed by atoms with Crippen molar-refractivity contribution >= 4 is 11.9 Å². The zero-order valence-electron chi connectivity index (χ0n) is 11.2. The Labute approximate surface area is 124 Å². The van der Waals surface area contributed by atoms with Crippen molar-refractivity contribution in [3.05, 3.63) is 72.3 Å². The molecule has 0 aliphatic carbocycles. The molecule has 4 nitrogen and oxygen atoms in total. The normalized spacial score (nSPS) is 10.5. The Kier molecular flexibility index (Phi) is 4.98. The van der Waals surface area contributed by atoms with Crippen LogP contribution < -0.4 is 9.47 Å². The second kappa shape index (κ2) is 7.12. The van der Waals surface area contributed by atoms with E-state index in [1.165, 1.54) is 24.3 Å². The highest BCUT2D eigenvalue weighted by atomic mass is 19.1. The van der Waals surface area contributed by atoms with Crippen LogP contribution in [0.4, 0.5) is 8.78 Å². The molecule has 0 unspecified atom stereocenters. The summed E-state index contributed by atoms with van der Waals surface area (Å²) in [7, 11) is 0. The molecule has 0 saturated heterocycles. The van der Waals surface area contributed by atoms with Crippen LogP contribution in [-0.4, -0.2) is 11.9 Å². The van der Waals surface area contributed by atoms with Gasteiger partial charge in [0.1, 0.15) is 23.1 Å². The summed E-state index contributed by atoms with van der Waals surface area (Å²) in [6.45, 7) is 0. The topological polar surface area (TPSA) is 52.6 Å². The SMILES string of the molecule is O=C(/C=C\C(=O)Oc1ccc(F)cc1)Oc1ccc(F)cc1. The van der Waals surface area contributed by atoms with Gasteiger partial charge in [0, 0.05) is 12.2 Å². The van der Waals surface area contributed by atoms with Gasteiger partial charge in [-0.3, -0.25) is 0 Å². The lowest BCUT2D eigenvalue weighted by molar-refractivity contribution is -0.131. The van der Waals surface area contributed by atoms with Gasteiger partial charge in [0.2, 0.25) is 0 Å². The molecule has 0 saturated carbocycles. The molecule has 0 radical (unpaired) electrons. The monoisotopic (exact) mass is 304 g/mol. The van der Waals surface area contributed by atoms with Crippen molar-refractivity contribution in [1.82, 2.24) is 0 Å². The van der Waals surface area contributed by atoms with Crippen molar-refractivity contribution in [3.8, 4) is 11.5 Å². The van der Waals surface area contributed by atoms with Gasteiger partial charge >= 0.3 is 11.9 Å². The van der Waals surface area contributed by atoms with Crippen molar-refractivity contribution in [1.29, 1.82) is 0 Å². The Morgan fingerprint density at radius 1 is 0.682 bits per heavy atom. The highest BCUT2D eigenvalue weighted by Crippen LogP contribution is 2.12. The highest BCUT2D eigenvalue weighted by Gasteiger charge is 2.04. The molecule has 2 rings (SSSR count). The zero-order valence-corrected chi connectivity index (χ0v) is 11.2. The van der Waals surface area contributed by atoms with E-state index in [9.17, 15) is 18.4 Å². The summed E-state index contributed by atoms with van der Waals surface area (Å²) in [6, 6.07) is 9.64. The molecule has 0 spiro atoms. The minimum atomic E-state index is -0.817. The van der Waals surface area contributed by atoms with Crippen LogP contribution in [0.25, 0.3) is 0 Å².